The van der Waals surface area contributed by atoms with E-state index in [0.717, 1.165) is 57.5 Å². The third kappa shape index (κ3) is 4.96. The highest BCUT2D eigenvalue weighted by atomic mass is 16.6. The molecule has 1 heterocycles. The number of nitrogens with one attached hydrogen (secondary N) is 1. The molecule has 0 amide bonds. The lowest BCUT2D eigenvalue weighted by atomic mass is 10.1. The zero-order valence-corrected chi connectivity index (χ0v) is 13.2. The molecule has 1 aromatic rings. The van der Waals surface area contributed by atoms with Crippen LogP contribution >= 0.6 is 0 Å². The van der Waals surface area contributed by atoms with Crippen molar-refractivity contribution in [2.75, 3.05) is 39.3 Å². The molecule has 1 aliphatic rings. The van der Waals surface area contributed by atoms with Crippen molar-refractivity contribution in [3.63, 3.8) is 0 Å². The monoisotopic (exact) mass is 307 g/mol. The predicted molar refractivity (Wildman–Crippen MR) is 86.5 cm³/mol. The molecule has 6 heteroatoms. The molecule has 0 aliphatic carbocycles. The van der Waals surface area contributed by atoms with Crippen molar-refractivity contribution in [3.05, 3.63) is 33.9 Å². The Morgan fingerprint density at radius 2 is 2.14 bits per heavy atom. The number of aryl methyl sites for hydroxylation is 1. The summed E-state index contributed by atoms with van der Waals surface area (Å²) in [5.41, 5.74) is 1.08. The van der Waals surface area contributed by atoms with Crippen molar-refractivity contribution in [2.45, 2.75) is 26.2 Å². The summed E-state index contributed by atoms with van der Waals surface area (Å²) in [4.78, 5) is 13.2. The van der Waals surface area contributed by atoms with Crippen LogP contribution in [0.15, 0.2) is 18.2 Å². The van der Waals surface area contributed by atoms with Gasteiger partial charge in [0.25, 0.3) is 0 Å². The number of benzene rings is 1. The molecule has 0 aromatic heterocycles. The van der Waals surface area contributed by atoms with Gasteiger partial charge in [0.1, 0.15) is 0 Å². The Balaban J connectivity index is 1.90. The average molecular weight is 307 g/mol. The number of rotatable bonds is 8. The summed E-state index contributed by atoms with van der Waals surface area (Å²) in [5.74, 6) is 0.373. The molecular formula is C16H25N3O3. The van der Waals surface area contributed by atoms with Gasteiger partial charge in [0, 0.05) is 32.2 Å². The van der Waals surface area contributed by atoms with Gasteiger partial charge in [0.05, 0.1) is 11.5 Å². The summed E-state index contributed by atoms with van der Waals surface area (Å²) >= 11 is 0. The standard InChI is InChI=1S/C16H25N3O3/c1-2-12-22-16-6-5-14(13-15(16)19(20)21)4-3-9-18-10-7-17-8-11-18/h5-6,13,17H,2-4,7-12H2,1H3. The molecule has 6 nitrogen and oxygen atoms in total. The lowest BCUT2D eigenvalue weighted by Crippen LogP contribution is -2.43. The molecule has 1 aromatic carbocycles. The minimum atomic E-state index is -0.356. The molecule has 0 bridgehead atoms. The summed E-state index contributed by atoms with van der Waals surface area (Å²) in [6.07, 6.45) is 2.72. The van der Waals surface area contributed by atoms with Gasteiger partial charge in [0.15, 0.2) is 5.75 Å². The minimum absolute atomic E-state index is 0.0770. The van der Waals surface area contributed by atoms with Crippen LogP contribution in [-0.2, 0) is 6.42 Å². The molecule has 1 fully saturated rings. The molecule has 22 heavy (non-hydrogen) atoms. The Bertz CT molecular complexity index is 488. The first-order valence-electron chi connectivity index (χ1n) is 8.04. The van der Waals surface area contributed by atoms with Crippen LogP contribution in [0.5, 0.6) is 5.75 Å². The van der Waals surface area contributed by atoms with Gasteiger partial charge in [-0.15, -0.1) is 0 Å². The fourth-order valence-electron chi connectivity index (χ4n) is 2.64. The van der Waals surface area contributed by atoms with E-state index in [1.54, 1.807) is 12.1 Å². The van der Waals surface area contributed by atoms with Crippen LogP contribution in [0.25, 0.3) is 0 Å². The predicted octanol–water partition coefficient (Wildman–Crippen LogP) is 2.22. The van der Waals surface area contributed by atoms with E-state index in [1.807, 2.05) is 13.0 Å². The zero-order valence-electron chi connectivity index (χ0n) is 13.2. The van der Waals surface area contributed by atoms with E-state index in [4.69, 9.17) is 4.74 Å². The highest BCUT2D eigenvalue weighted by Crippen LogP contribution is 2.28. The molecule has 122 valence electrons. The number of nitro benzene ring substituents is 1. The van der Waals surface area contributed by atoms with E-state index in [9.17, 15) is 10.1 Å². The van der Waals surface area contributed by atoms with Gasteiger partial charge in [-0.3, -0.25) is 10.1 Å². The average Bonchev–Trinajstić information content (AvgIpc) is 2.54. The zero-order chi connectivity index (χ0) is 15.8. The highest BCUT2D eigenvalue weighted by Gasteiger charge is 2.16. The van der Waals surface area contributed by atoms with Crippen LogP contribution in [-0.4, -0.2) is 49.2 Å². The number of hydrogen-bond acceptors (Lipinski definition) is 5. The fourth-order valence-corrected chi connectivity index (χ4v) is 2.64. The first-order valence-corrected chi connectivity index (χ1v) is 8.04. The van der Waals surface area contributed by atoms with Crippen molar-refractivity contribution >= 4 is 5.69 Å². The van der Waals surface area contributed by atoms with Crippen LogP contribution in [0.2, 0.25) is 0 Å². The van der Waals surface area contributed by atoms with Gasteiger partial charge in [-0.1, -0.05) is 13.0 Å². The third-order valence-electron chi connectivity index (χ3n) is 3.83. The SMILES string of the molecule is CCCOc1ccc(CCCN2CCNCC2)cc1[N+](=O)[O-]. The van der Waals surface area contributed by atoms with E-state index in [2.05, 4.69) is 10.2 Å². The number of hydrogen-bond donors (Lipinski definition) is 1. The molecule has 2 rings (SSSR count). The molecule has 0 radical (unpaired) electrons. The number of piperazine rings is 1. The van der Waals surface area contributed by atoms with Gasteiger partial charge in [0.2, 0.25) is 0 Å². The van der Waals surface area contributed by atoms with E-state index in [0.29, 0.717) is 12.4 Å². The summed E-state index contributed by atoms with van der Waals surface area (Å²) in [6.45, 7) is 7.81. The van der Waals surface area contributed by atoms with E-state index >= 15 is 0 Å². The van der Waals surface area contributed by atoms with Crippen LogP contribution < -0.4 is 10.1 Å². The van der Waals surface area contributed by atoms with Gasteiger partial charge in [-0.2, -0.15) is 0 Å². The van der Waals surface area contributed by atoms with Gasteiger partial charge in [-0.25, -0.2) is 0 Å². The van der Waals surface area contributed by atoms with E-state index < -0.39 is 0 Å². The van der Waals surface area contributed by atoms with E-state index in [-0.39, 0.29) is 10.6 Å². The van der Waals surface area contributed by atoms with Crippen molar-refractivity contribution in [1.82, 2.24) is 10.2 Å². The topological polar surface area (TPSA) is 67.6 Å². The first-order chi connectivity index (χ1) is 10.7. The smallest absolute Gasteiger partial charge is 0.311 e. The number of ether oxygens (including phenoxy) is 1. The molecule has 0 spiro atoms. The fraction of sp³-hybridized carbons (Fsp3) is 0.625. The molecule has 1 N–H and O–H groups in total. The first kappa shape index (κ1) is 16.7. The second kappa shape index (κ2) is 8.70. The molecule has 0 atom stereocenters. The maximum atomic E-state index is 11.2. The van der Waals surface area contributed by atoms with Crippen LogP contribution in [0.4, 0.5) is 5.69 Å². The minimum Gasteiger partial charge on any atom is -0.487 e. The second-order valence-corrected chi connectivity index (χ2v) is 5.60. The quantitative estimate of drug-likeness (QED) is 0.589. The largest absolute Gasteiger partial charge is 0.487 e. The van der Waals surface area contributed by atoms with Gasteiger partial charge >= 0.3 is 5.69 Å². The second-order valence-electron chi connectivity index (χ2n) is 5.60. The van der Waals surface area contributed by atoms with Crippen molar-refractivity contribution in [1.29, 1.82) is 0 Å². The van der Waals surface area contributed by atoms with Crippen molar-refractivity contribution < 1.29 is 9.66 Å². The molecule has 0 saturated carbocycles. The lowest BCUT2D eigenvalue weighted by molar-refractivity contribution is -0.385. The molecule has 1 saturated heterocycles. The van der Waals surface area contributed by atoms with Crippen molar-refractivity contribution in [2.24, 2.45) is 0 Å². The maximum Gasteiger partial charge on any atom is 0.311 e. The third-order valence-corrected chi connectivity index (χ3v) is 3.83. The summed E-state index contributed by atoms with van der Waals surface area (Å²) in [5, 5.41) is 14.5. The normalized spacial score (nSPS) is 15.7. The molecule has 1 aliphatic heterocycles. The van der Waals surface area contributed by atoms with Crippen LogP contribution in [0.3, 0.4) is 0 Å². The Labute approximate surface area is 131 Å². The van der Waals surface area contributed by atoms with Crippen LogP contribution in [0.1, 0.15) is 25.3 Å². The van der Waals surface area contributed by atoms with Gasteiger partial charge in [-0.05, 0) is 37.4 Å². The Morgan fingerprint density at radius 1 is 1.36 bits per heavy atom. The summed E-state index contributed by atoms with van der Waals surface area (Å²) in [6, 6.07) is 5.33. The van der Waals surface area contributed by atoms with Crippen molar-refractivity contribution in [3.8, 4) is 5.75 Å². The van der Waals surface area contributed by atoms with Crippen LogP contribution in [0, 0.1) is 10.1 Å². The summed E-state index contributed by atoms with van der Waals surface area (Å²) in [7, 11) is 0. The molecule has 0 unspecified atom stereocenters. The Hall–Kier alpha value is -1.66. The number of nitro groups is 1. The highest BCUT2D eigenvalue weighted by molar-refractivity contribution is 5.48. The van der Waals surface area contributed by atoms with E-state index in [1.165, 1.54) is 0 Å². The number of nitrogens with zero attached hydrogens (tertiary/aromatic N) is 2. The Morgan fingerprint density at radius 3 is 2.82 bits per heavy atom. The molecular weight excluding hydrogens is 282 g/mol. The maximum absolute atomic E-state index is 11.2. The Kier molecular flexibility index (Phi) is 6.61. The van der Waals surface area contributed by atoms with Gasteiger partial charge < -0.3 is 15.0 Å². The lowest BCUT2D eigenvalue weighted by Gasteiger charge is -2.27. The summed E-state index contributed by atoms with van der Waals surface area (Å²) < 4.78 is 5.45.